The molecule has 5 atom stereocenters. The van der Waals surface area contributed by atoms with Crippen LogP contribution in [0.15, 0.2) is 42.9 Å². The molecule has 0 saturated carbocycles. The lowest BCUT2D eigenvalue weighted by atomic mass is 10.0. The highest BCUT2D eigenvalue weighted by atomic mass is 32.1. The maximum absolute atomic E-state index is 13.1. The third kappa shape index (κ3) is 8.70. The summed E-state index contributed by atoms with van der Waals surface area (Å²) >= 11 is 4.09. The smallest absolute Gasteiger partial charge is 0.326 e. The van der Waals surface area contributed by atoms with E-state index < -0.39 is 54.0 Å². The van der Waals surface area contributed by atoms with Gasteiger partial charge in [-0.2, -0.15) is 12.6 Å². The quantitative estimate of drug-likeness (QED) is 0.148. The number of amides is 3. The molecule has 0 radical (unpaired) electrons. The first-order valence-corrected chi connectivity index (χ1v) is 11.4. The number of hydrogen-bond donors (Lipinski definition) is 8. The number of hydrogen-bond acceptors (Lipinski definition) is 8. The molecule has 2 aromatic rings. The number of aromatic amines is 1. The van der Waals surface area contributed by atoms with E-state index in [1.807, 2.05) is 0 Å². The number of nitrogens with zero attached hydrogens (tertiary/aromatic N) is 1. The van der Waals surface area contributed by atoms with Crippen LogP contribution in [-0.4, -0.2) is 79.9 Å². The van der Waals surface area contributed by atoms with E-state index in [-0.39, 0.29) is 18.6 Å². The van der Waals surface area contributed by atoms with Crippen LogP contribution in [0.3, 0.4) is 0 Å². The maximum atomic E-state index is 13.1. The highest BCUT2D eigenvalue weighted by Gasteiger charge is 2.31. The fourth-order valence-corrected chi connectivity index (χ4v) is 3.36. The third-order valence-electron chi connectivity index (χ3n) is 5.15. The Balaban J connectivity index is 2.17. The van der Waals surface area contributed by atoms with Gasteiger partial charge in [-0.1, -0.05) is 30.3 Å². The maximum Gasteiger partial charge on any atom is 0.326 e. The van der Waals surface area contributed by atoms with E-state index in [2.05, 4.69) is 38.5 Å². The van der Waals surface area contributed by atoms with Crippen molar-refractivity contribution in [3.63, 3.8) is 0 Å². The van der Waals surface area contributed by atoms with E-state index in [9.17, 15) is 29.4 Å². The Hall–Kier alpha value is -3.42. The zero-order chi connectivity index (χ0) is 26.0. The highest BCUT2D eigenvalue weighted by Crippen LogP contribution is 2.06. The van der Waals surface area contributed by atoms with Crippen LogP contribution in [0, 0.1) is 0 Å². The average Bonchev–Trinajstić information content (AvgIpc) is 3.34. The summed E-state index contributed by atoms with van der Waals surface area (Å²) < 4.78 is 0. The van der Waals surface area contributed by atoms with Crippen molar-refractivity contribution in [1.29, 1.82) is 0 Å². The number of aliphatic hydroxyl groups excluding tert-OH is 1. The van der Waals surface area contributed by atoms with Gasteiger partial charge in [-0.15, -0.1) is 0 Å². The molecule has 1 heterocycles. The molecule has 13 heteroatoms. The third-order valence-corrected chi connectivity index (χ3v) is 5.51. The number of aliphatic carboxylic acids is 1. The lowest BCUT2D eigenvalue weighted by Crippen LogP contribution is -2.59. The average molecular weight is 507 g/mol. The van der Waals surface area contributed by atoms with Crippen LogP contribution in [0.1, 0.15) is 18.2 Å². The van der Waals surface area contributed by atoms with Gasteiger partial charge in [-0.05, 0) is 12.5 Å². The number of aliphatic hydroxyl groups is 1. The monoisotopic (exact) mass is 506 g/mol. The molecule has 0 aliphatic rings. The van der Waals surface area contributed by atoms with Gasteiger partial charge in [0, 0.05) is 30.5 Å². The van der Waals surface area contributed by atoms with E-state index in [0.717, 1.165) is 5.56 Å². The number of benzene rings is 1. The van der Waals surface area contributed by atoms with E-state index >= 15 is 0 Å². The summed E-state index contributed by atoms with van der Waals surface area (Å²) in [6, 6.07) is 3.99. The predicted octanol–water partition coefficient (Wildman–Crippen LogP) is -1.63. The van der Waals surface area contributed by atoms with Crippen LogP contribution in [0.2, 0.25) is 0 Å². The fourth-order valence-electron chi connectivity index (χ4n) is 3.10. The van der Waals surface area contributed by atoms with Gasteiger partial charge in [-0.25, -0.2) is 9.78 Å². The Labute approximate surface area is 207 Å². The second kappa shape index (κ2) is 13.5. The first-order chi connectivity index (χ1) is 16.6. The number of rotatable bonds is 13. The summed E-state index contributed by atoms with van der Waals surface area (Å²) in [5, 5.41) is 26.5. The van der Waals surface area contributed by atoms with E-state index in [0.29, 0.717) is 5.69 Å². The van der Waals surface area contributed by atoms with Crippen LogP contribution >= 0.6 is 12.6 Å². The number of carboxylic acids is 1. The van der Waals surface area contributed by atoms with Gasteiger partial charge in [0.1, 0.15) is 24.2 Å². The Kier molecular flexibility index (Phi) is 10.7. The molecular weight excluding hydrogens is 476 g/mol. The minimum Gasteiger partial charge on any atom is -0.480 e. The second-order valence-corrected chi connectivity index (χ2v) is 8.31. The van der Waals surface area contributed by atoms with Crippen molar-refractivity contribution in [3.05, 3.63) is 54.1 Å². The molecule has 1 aromatic carbocycles. The van der Waals surface area contributed by atoms with Gasteiger partial charge < -0.3 is 36.9 Å². The van der Waals surface area contributed by atoms with Crippen LogP contribution < -0.4 is 21.7 Å². The largest absolute Gasteiger partial charge is 0.480 e. The summed E-state index contributed by atoms with van der Waals surface area (Å²) in [5.41, 5.74) is 6.83. The summed E-state index contributed by atoms with van der Waals surface area (Å²) in [6.45, 7) is 1.34. The van der Waals surface area contributed by atoms with Gasteiger partial charge >= 0.3 is 5.97 Å². The number of carbonyl (C=O) groups is 4. The Morgan fingerprint density at radius 3 is 2.14 bits per heavy atom. The SMILES string of the molecule is CC(O)C(N)C(=O)NC(CS)C(=O)NC(Cc1ccccc1)C(=O)NC(Cc1cnc[nH]1)C(=O)O. The molecule has 35 heavy (non-hydrogen) atoms. The summed E-state index contributed by atoms with van der Waals surface area (Å²) in [5.74, 6) is -3.57. The Morgan fingerprint density at radius 1 is 1.00 bits per heavy atom. The normalized spacial score (nSPS) is 15.2. The first kappa shape index (κ1) is 27.8. The molecule has 0 aliphatic carbocycles. The molecule has 0 fully saturated rings. The summed E-state index contributed by atoms with van der Waals surface area (Å²) in [7, 11) is 0. The highest BCUT2D eigenvalue weighted by molar-refractivity contribution is 7.80. The van der Waals surface area contributed by atoms with Gasteiger partial charge in [0.05, 0.1) is 12.4 Å². The zero-order valence-corrected chi connectivity index (χ0v) is 19.9. The summed E-state index contributed by atoms with van der Waals surface area (Å²) in [6.07, 6.45) is 1.72. The molecule has 0 spiro atoms. The van der Waals surface area contributed by atoms with E-state index in [4.69, 9.17) is 5.73 Å². The number of thiol groups is 1. The van der Waals surface area contributed by atoms with Crippen molar-refractivity contribution >= 4 is 36.3 Å². The lowest BCUT2D eigenvalue weighted by molar-refractivity contribution is -0.142. The molecule has 12 nitrogen and oxygen atoms in total. The van der Waals surface area contributed by atoms with Crippen LogP contribution in [0.4, 0.5) is 0 Å². The van der Waals surface area contributed by atoms with Crippen molar-refractivity contribution in [2.45, 2.75) is 50.0 Å². The molecule has 1 aromatic heterocycles. The molecule has 5 unspecified atom stereocenters. The van der Waals surface area contributed by atoms with Gasteiger partial charge in [0.2, 0.25) is 17.7 Å². The Bertz CT molecular complexity index is 988. The molecule has 3 amide bonds. The van der Waals surface area contributed by atoms with Crippen LogP contribution in [0.25, 0.3) is 0 Å². The standard InChI is InChI=1S/C22H30N6O6S/c1-12(29)18(23)21(32)28-17(10-35)20(31)26-15(7-13-5-3-2-4-6-13)19(30)27-16(22(33)34)8-14-9-24-11-25-14/h2-6,9,11-12,15-18,29,35H,7-8,10,23H2,1H3,(H,24,25)(H,26,31)(H,27,30)(H,28,32)(H,33,34). The second-order valence-electron chi connectivity index (χ2n) is 7.94. The van der Waals surface area contributed by atoms with Crippen molar-refractivity contribution in [3.8, 4) is 0 Å². The molecule has 8 N–H and O–H groups in total. The molecule has 0 bridgehead atoms. The predicted molar refractivity (Wildman–Crippen MR) is 129 cm³/mol. The molecule has 190 valence electrons. The van der Waals surface area contributed by atoms with Crippen LogP contribution in [0.5, 0.6) is 0 Å². The number of H-pyrrole nitrogens is 1. The van der Waals surface area contributed by atoms with Crippen molar-refractivity contribution in [2.24, 2.45) is 5.73 Å². The zero-order valence-electron chi connectivity index (χ0n) is 19.0. The number of carbonyl (C=O) groups excluding carboxylic acids is 3. The number of nitrogens with one attached hydrogen (secondary N) is 4. The minimum atomic E-state index is -1.28. The first-order valence-electron chi connectivity index (χ1n) is 10.8. The fraction of sp³-hybridized carbons (Fsp3) is 0.409. The number of nitrogens with two attached hydrogens (primary N) is 1. The van der Waals surface area contributed by atoms with Crippen molar-refractivity contribution < 1.29 is 29.4 Å². The van der Waals surface area contributed by atoms with Gasteiger partial charge in [0.15, 0.2) is 0 Å². The number of imidazole rings is 1. The van der Waals surface area contributed by atoms with E-state index in [1.165, 1.54) is 19.4 Å². The number of carboxylic acid groups (broad SMARTS) is 1. The lowest BCUT2D eigenvalue weighted by Gasteiger charge is -2.25. The van der Waals surface area contributed by atoms with Gasteiger partial charge in [0.25, 0.3) is 0 Å². The van der Waals surface area contributed by atoms with Crippen molar-refractivity contribution in [1.82, 2.24) is 25.9 Å². The molecule has 2 rings (SSSR count). The number of aromatic nitrogens is 2. The van der Waals surface area contributed by atoms with E-state index in [1.54, 1.807) is 30.3 Å². The van der Waals surface area contributed by atoms with Crippen LogP contribution in [-0.2, 0) is 32.0 Å². The molecule has 0 saturated heterocycles. The van der Waals surface area contributed by atoms with Gasteiger partial charge in [-0.3, -0.25) is 14.4 Å². The minimum absolute atomic E-state index is 0.0420. The molecular formula is C22H30N6O6S. The summed E-state index contributed by atoms with van der Waals surface area (Å²) in [4.78, 5) is 56.5. The van der Waals surface area contributed by atoms with Crippen molar-refractivity contribution in [2.75, 3.05) is 5.75 Å². The topological polar surface area (TPSA) is 200 Å². The molecule has 0 aliphatic heterocycles. The Morgan fingerprint density at radius 2 is 1.60 bits per heavy atom.